The Morgan fingerprint density at radius 1 is 0.905 bits per heavy atom. The van der Waals surface area contributed by atoms with Gasteiger partial charge in [-0.25, -0.2) is 0 Å². The zero-order valence-electron chi connectivity index (χ0n) is 25.6. The molecule has 2 amide bonds. The molecule has 12 nitrogen and oxygen atoms in total. The second kappa shape index (κ2) is 12.0. The molecule has 0 fully saturated rings. The van der Waals surface area contributed by atoms with Crippen LogP contribution in [0.3, 0.4) is 0 Å². The van der Waals surface area contributed by atoms with Gasteiger partial charge in [-0.15, -0.1) is 0 Å². The molecule has 0 bridgehead atoms. The molecule has 14 heteroatoms. The number of rotatable bonds is 6. The number of methoxy groups -OCH3 is 2. The summed E-state index contributed by atoms with van der Waals surface area (Å²) in [4.78, 5) is 38.6. The Labute approximate surface area is 255 Å². The van der Waals surface area contributed by atoms with Gasteiger partial charge in [0.1, 0.15) is 0 Å². The van der Waals surface area contributed by atoms with Crippen LogP contribution in [0.5, 0.6) is 0 Å². The number of nitrogens with zero attached hydrogens (tertiary/aromatic N) is 6. The molecule has 0 aromatic carbocycles. The number of carbonyl (C=O) groups is 3. The highest BCUT2D eigenvalue weighted by atomic mass is 35.5. The van der Waals surface area contributed by atoms with E-state index in [-0.39, 0.29) is 39.7 Å². The molecule has 0 aliphatic carbocycles. The number of halogens is 2. The van der Waals surface area contributed by atoms with E-state index in [1.54, 1.807) is 22.5 Å². The number of anilines is 2. The number of ether oxygens (including phenoxy) is 2. The maximum Gasteiger partial charge on any atom is 0.305 e. The molecule has 2 aromatic heterocycles. The summed E-state index contributed by atoms with van der Waals surface area (Å²) in [6.07, 6.45) is -0.321. The summed E-state index contributed by atoms with van der Waals surface area (Å²) < 4.78 is 13.5. The number of hydrogen-bond acceptors (Lipinski definition) is 7. The lowest BCUT2D eigenvalue weighted by Gasteiger charge is -2.21. The van der Waals surface area contributed by atoms with E-state index in [1.165, 1.54) is 24.0 Å². The molecule has 0 radical (unpaired) electrons. The molecular formula is C28H38Cl2N6O6. The van der Waals surface area contributed by atoms with E-state index in [0.29, 0.717) is 23.2 Å². The molecular weight excluding hydrogens is 587 g/mol. The van der Waals surface area contributed by atoms with Crippen molar-refractivity contribution >= 4 is 52.6 Å². The molecule has 1 N–H and O–H groups in total. The Kier molecular flexibility index (Phi) is 9.43. The van der Waals surface area contributed by atoms with Gasteiger partial charge < -0.3 is 14.6 Å². The molecule has 42 heavy (non-hydrogen) atoms. The highest BCUT2D eigenvalue weighted by molar-refractivity contribution is 6.35. The van der Waals surface area contributed by atoms with Gasteiger partial charge in [-0.3, -0.25) is 33.5 Å². The fourth-order valence-electron chi connectivity index (χ4n) is 4.87. The lowest BCUT2D eigenvalue weighted by Crippen LogP contribution is -2.37. The van der Waals surface area contributed by atoms with Crippen LogP contribution in [0, 0.1) is 0 Å². The number of amides is 2. The second-order valence-corrected chi connectivity index (χ2v) is 12.9. The average molecular weight is 626 g/mol. The van der Waals surface area contributed by atoms with E-state index >= 15 is 0 Å². The van der Waals surface area contributed by atoms with Gasteiger partial charge >= 0.3 is 5.97 Å². The van der Waals surface area contributed by atoms with Gasteiger partial charge in [-0.1, -0.05) is 64.7 Å². The minimum Gasteiger partial charge on any atom is -0.490 e. The summed E-state index contributed by atoms with van der Waals surface area (Å²) in [5.74, 6) is -0.671. The molecule has 2 aliphatic heterocycles. The lowest BCUT2D eigenvalue weighted by atomic mass is 9.92. The van der Waals surface area contributed by atoms with Crippen LogP contribution in [-0.4, -0.2) is 69.3 Å². The van der Waals surface area contributed by atoms with Gasteiger partial charge in [0.05, 0.1) is 43.3 Å². The number of carboxylic acids is 1. The minimum absolute atomic E-state index is 0.0376. The van der Waals surface area contributed by atoms with Crippen LogP contribution in [-0.2, 0) is 48.8 Å². The molecule has 1 atom stereocenters. The third kappa shape index (κ3) is 6.44. The van der Waals surface area contributed by atoms with E-state index < -0.39 is 17.9 Å². The fraction of sp³-hybridized carbons (Fsp3) is 0.536. The van der Waals surface area contributed by atoms with E-state index in [0.717, 1.165) is 11.4 Å². The molecule has 0 spiro atoms. The number of aromatic nitrogens is 4. The van der Waals surface area contributed by atoms with E-state index in [1.807, 2.05) is 33.9 Å². The molecule has 4 rings (SSSR count). The van der Waals surface area contributed by atoms with Crippen LogP contribution in [0.15, 0.2) is 33.7 Å². The maximum absolute atomic E-state index is 12.5. The highest BCUT2D eigenvalue weighted by Gasteiger charge is 2.43. The van der Waals surface area contributed by atoms with Gasteiger partial charge in [0, 0.05) is 48.4 Å². The van der Waals surface area contributed by atoms with Crippen LogP contribution in [0.2, 0.25) is 0 Å². The Morgan fingerprint density at radius 3 is 1.79 bits per heavy atom. The number of aryl methyl sites for hydroxylation is 2. The highest BCUT2D eigenvalue weighted by Crippen LogP contribution is 2.36. The summed E-state index contributed by atoms with van der Waals surface area (Å²) in [5.41, 5.74) is 1.75. The predicted molar refractivity (Wildman–Crippen MR) is 159 cm³/mol. The van der Waals surface area contributed by atoms with Crippen LogP contribution in [0.1, 0.15) is 59.4 Å². The normalized spacial score (nSPS) is 17.8. The van der Waals surface area contributed by atoms with Crippen molar-refractivity contribution in [3.63, 3.8) is 0 Å². The number of carbonyl (C=O) groups excluding carboxylic acids is 2. The van der Waals surface area contributed by atoms with Crippen molar-refractivity contribution in [3.8, 4) is 0 Å². The fourth-order valence-corrected chi connectivity index (χ4v) is 5.48. The Balaban J connectivity index is 0.000000235. The van der Waals surface area contributed by atoms with E-state index in [2.05, 4.69) is 31.0 Å². The summed E-state index contributed by atoms with van der Waals surface area (Å²) in [6, 6.07) is 2.87. The molecule has 4 heterocycles. The lowest BCUT2D eigenvalue weighted by molar-refractivity contribution is -0.137. The minimum atomic E-state index is -1.06. The molecule has 0 saturated heterocycles. The van der Waals surface area contributed by atoms with Crippen molar-refractivity contribution in [3.05, 3.63) is 45.1 Å². The van der Waals surface area contributed by atoms with Crippen LogP contribution < -0.4 is 9.80 Å². The van der Waals surface area contributed by atoms with Gasteiger partial charge in [0.2, 0.25) is 11.5 Å². The zero-order chi connectivity index (χ0) is 31.9. The van der Waals surface area contributed by atoms with Crippen molar-refractivity contribution < 1.29 is 29.0 Å². The van der Waals surface area contributed by atoms with Gasteiger partial charge in [-0.2, -0.15) is 10.2 Å². The maximum atomic E-state index is 12.5. The predicted octanol–water partition coefficient (Wildman–Crippen LogP) is 4.17. The summed E-state index contributed by atoms with van der Waals surface area (Å²) in [7, 11) is 6.42. The molecule has 2 aromatic rings. The van der Waals surface area contributed by atoms with E-state index in [4.69, 9.17) is 37.8 Å². The Bertz CT molecular complexity index is 1460. The van der Waals surface area contributed by atoms with Crippen LogP contribution in [0.4, 0.5) is 11.6 Å². The topological polar surface area (TPSA) is 132 Å². The standard InChI is InChI=1S/C15H20ClN3O4.C13H18ClN3O2/c1-15(2,3)9-7-10(17-18(9)4)19-8(6-11(20)21)12(16)13(23-5)14(19)22;1-13(2,3)9-6-10(15-16(9)4)17-7-8(14)11(19-5)12(17)18/h7-8H,6H2,1-5H3,(H,20,21);6H,7H2,1-5H3. The van der Waals surface area contributed by atoms with Gasteiger partial charge in [0.25, 0.3) is 11.8 Å². The largest absolute Gasteiger partial charge is 0.490 e. The van der Waals surface area contributed by atoms with Crippen LogP contribution >= 0.6 is 23.2 Å². The van der Waals surface area contributed by atoms with E-state index in [9.17, 15) is 14.4 Å². The molecule has 230 valence electrons. The van der Waals surface area contributed by atoms with Gasteiger partial charge in [-0.05, 0) is 0 Å². The molecule has 0 saturated carbocycles. The third-order valence-corrected chi connectivity index (χ3v) is 7.50. The zero-order valence-corrected chi connectivity index (χ0v) is 27.1. The van der Waals surface area contributed by atoms with Crippen molar-refractivity contribution in [1.82, 2.24) is 19.6 Å². The molecule has 2 aliphatic rings. The van der Waals surface area contributed by atoms with Gasteiger partial charge in [0.15, 0.2) is 11.6 Å². The van der Waals surface area contributed by atoms with Crippen molar-refractivity contribution in [2.24, 2.45) is 14.1 Å². The second-order valence-electron chi connectivity index (χ2n) is 12.0. The quantitative estimate of drug-likeness (QED) is 0.506. The SMILES string of the molecule is COC1=C(Cl)C(CC(=O)O)N(c2cc(C(C)(C)C)n(C)n2)C1=O.COC1=C(Cl)CN(c2cc(C(C)(C)C)n(C)n2)C1=O. The Hall–Kier alpha value is -3.51. The summed E-state index contributed by atoms with van der Waals surface area (Å²) in [5, 5.41) is 18.4. The monoisotopic (exact) mass is 624 g/mol. The number of carboxylic acid groups (broad SMARTS) is 1. The summed E-state index contributed by atoms with van der Waals surface area (Å²) in [6.45, 7) is 12.7. The average Bonchev–Trinajstić information content (AvgIpc) is 3.57. The Morgan fingerprint density at radius 2 is 1.38 bits per heavy atom. The first kappa shape index (κ1) is 33.0. The first-order valence-corrected chi connectivity index (χ1v) is 13.9. The van der Waals surface area contributed by atoms with Crippen molar-refractivity contribution in [1.29, 1.82) is 0 Å². The molecule has 1 unspecified atom stereocenters. The summed E-state index contributed by atoms with van der Waals surface area (Å²) >= 11 is 12.2. The number of aliphatic carboxylic acids is 1. The smallest absolute Gasteiger partial charge is 0.305 e. The first-order valence-electron chi connectivity index (χ1n) is 13.2. The van der Waals surface area contributed by atoms with Crippen LogP contribution in [0.25, 0.3) is 0 Å². The van der Waals surface area contributed by atoms with Crippen molar-refractivity contribution in [2.45, 2.75) is 64.8 Å². The van der Waals surface area contributed by atoms with Crippen molar-refractivity contribution in [2.75, 3.05) is 30.6 Å². The third-order valence-electron chi connectivity index (χ3n) is 6.79. The first-order chi connectivity index (χ1) is 19.3. The number of hydrogen-bond donors (Lipinski definition) is 1.